The van der Waals surface area contributed by atoms with Gasteiger partial charge < -0.3 is 15.0 Å². The van der Waals surface area contributed by atoms with E-state index in [0.717, 1.165) is 11.9 Å². The summed E-state index contributed by atoms with van der Waals surface area (Å²) in [4.78, 5) is 19.0. The molecule has 1 aromatic heterocycles. The summed E-state index contributed by atoms with van der Waals surface area (Å²) in [5.74, 6) is -0.891. The van der Waals surface area contributed by atoms with Crippen LogP contribution in [0.3, 0.4) is 0 Å². The monoisotopic (exact) mass is 376 g/mol. The molecule has 8 heteroatoms. The van der Waals surface area contributed by atoms with E-state index < -0.39 is 23.1 Å². The summed E-state index contributed by atoms with van der Waals surface area (Å²) in [6.45, 7) is 4.00. The summed E-state index contributed by atoms with van der Waals surface area (Å²) in [6, 6.07) is 3.34. The molecule has 3 heterocycles. The van der Waals surface area contributed by atoms with Gasteiger partial charge in [-0.25, -0.2) is 13.8 Å². The molecule has 144 valence electrons. The fourth-order valence-corrected chi connectivity index (χ4v) is 4.08. The number of amides is 1. The summed E-state index contributed by atoms with van der Waals surface area (Å²) >= 11 is 0. The number of hydrogen-bond acceptors (Lipinski definition) is 4. The normalized spacial score (nSPS) is 22.4. The van der Waals surface area contributed by atoms with Gasteiger partial charge in [0.2, 0.25) is 5.91 Å². The molecule has 1 aromatic carbocycles. The fraction of sp³-hybridized carbons (Fsp3) is 0.474. The molecule has 2 aromatic rings. The molecule has 27 heavy (non-hydrogen) atoms. The Morgan fingerprint density at radius 2 is 1.93 bits per heavy atom. The number of aryl methyl sites for hydroxylation is 1. The molecular weight excluding hydrogens is 354 g/mol. The first-order valence-electron chi connectivity index (χ1n) is 9.06. The molecule has 2 aliphatic heterocycles. The second kappa shape index (κ2) is 6.69. The van der Waals surface area contributed by atoms with E-state index in [9.17, 15) is 13.6 Å². The number of morpholine rings is 1. The van der Waals surface area contributed by atoms with Crippen LogP contribution in [-0.2, 0) is 21.5 Å². The van der Waals surface area contributed by atoms with E-state index in [1.807, 2.05) is 9.47 Å². The Kier molecular flexibility index (Phi) is 4.47. The molecule has 0 spiro atoms. The van der Waals surface area contributed by atoms with Crippen molar-refractivity contribution in [1.29, 1.82) is 0 Å². The number of nitrogens with two attached hydrogens (primary N) is 1. The smallest absolute Gasteiger partial charge is 0.243 e. The van der Waals surface area contributed by atoms with Crippen LogP contribution < -0.4 is 5.73 Å². The lowest BCUT2D eigenvalue weighted by Gasteiger charge is -2.39. The first kappa shape index (κ1) is 18.1. The first-order chi connectivity index (χ1) is 12.9. The predicted molar refractivity (Wildman–Crippen MR) is 94.0 cm³/mol. The van der Waals surface area contributed by atoms with E-state index in [1.165, 1.54) is 12.1 Å². The third-order valence-corrected chi connectivity index (χ3v) is 5.68. The van der Waals surface area contributed by atoms with Crippen molar-refractivity contribution in [1.82, 2.24) is 14.5 Å². The van der Waals surface area contributed by atoms with E-state index >= 15 is 0 Å². The second-order valence-electron chi connectivity index (χ2n) is 7.24. The SMILES string of the molecule is CC(C(N)=O)(c1cn2c(n1)CC[C@H]2c1cc(F)cc(F)c1)N1CCOCC1. The zero-order chi connectivity index (χ0) is 19.2. The molecule has 2 atom stereocenters. The minimum Gasteiger partial charge on any atom is -0.379 e. The van der Waals surface area contributed by atoms with Crippen molar-refractivity contribution in [3.63, 3.8) is 0 Å². The van der Waals surface area contributed by atoms with Gasteiger partial charge in [0.05, 0.1) is 24.9 Å². The molecule has 1 saturated heterocycles. The lowest BCUT2D eigenvalue weighted by molar-refractivity contribution is -0.133. The molecule has 0 radical (unpaired) electrons. The molecular formula is C19H22F2N4O2. The Hall–Kier alpha value is -2.32. The Balaban J connectivity index is 1.72. The summed E-state index contributed by atoms with van der Waals surface area (Å²) in [7, 11) is 0. The second-order valence-corrected chi connectivity index (χ2v) is 7.24. The number of rotatable bonds is 4. The van der Waals surface area contributed by atoms with Crippen molar-refractivity contribution in [2.45, 2.75) is 31.3 Å². The lowest BCUT2D eigenvalue weighted by atomic mass is 9.94. The van der Waals surface area contributed by atoms with Crippen LogP contribution in [0.4, 0.5) is 8.78 Å². The molecule has 6 nitrogen and oxygen atoms in total. The number of nitrogens with zero attached hydrogens (tertiary/aromatic N) is 3. The van der Waals surface area contributed by atoms with Gasteiger partial charge in [0, 0.05) is 31.8 Å². The number of ether oxygens (including phenoxy) is 1. The Labute approximate surface area is 155 Å². The van der Waals surface area contributed by atoms with Crippen LogP contribution in [0.25, 0.3) is 0 Å². The topological polar surface area (TPSA) is 73.4 Å². The summed E-state index contributed by atoms with van der Waals surface area (Å²) in [6.07, 6.45) is 3.17. The number of imidazole rings is 1. The quantitative estimate of drug-likeness (QED) is 0.882. The molecule has 1 amide bonds. The lowest BCUT2D eigenvalue weighted by Crippen LogP contribution is -2.56. The van der Waals surface area contributed by atoms with Crippen LogP contribution >= 0.6 is 0 Å². The van der Waals surface area contributed by atoms with Crippen molar-refractivity contribution >= 4 is 5.91 Å². The highest BCUT2D eigenvalue weighted by Crippen LogP contribution is 2.36. The van der Waals surface area contributed by atoms with E-state index in [1.54, 1.807) is 13.1 Å². The van der Waals surface area contributed by atoms with E-state index in [4.69, 9.17) is 10.5 Å². The van der Waals surface area contributed by atoms with Crippen LogP contribution in [0, 0.1) is 11.6 Å². The van der Waals surface area contributed by atoms with Gasteiger partial charge in [-0.3, -0.25) is 9.69 Å². The van der Waals surface area contributed by atoms with Crippen LogP contribution in [-0.4, -0.2) is 46.7 Å². The van der Waals surface area contributed by atoms with Gasteiger partial charge in [0.25, 0.3) is 0 Å². The predicted octanol–water partition coefficient (Wildman–Crippen LogP) is 1.73. The van der Waals surface area contributed by atoms with Crippen molar-refractivity contribution in [2.24, 2.45) is 5.73 Å². The minimum absolute atomic E-state index is 0.215. The van der Waals surface area contributed by atoms with Crippen LogP contribution in [0.15, 0.2) is 24.4 Å². The number of carbonyl (C=O) groups is 1. The number of benzene rings is 1. The molecule has 2 aliphatic rings. The zero-order valence-corrected chi connectivity index (χ0v) is 15.1. The van der Waals surface area contributed by atoms with E-state index in [0.29, 0.717) is 50.4 Å². The standard InChI is InChI=1S/C19H22F2N4O2/c1-19(18(22)26,24-4-6-27-7-5-24)16-11-25-15(2-3-17(25)23-16)12-8-13(20)10-14(21)9-12/h8-11,15H,2-7H2,1H3,(H2,22,26)/t15-,19?/m0/s1. The average Bonchev–Trinajstić information content (AvgIpc) is 3.21. The highest BCUT2D eigenvalue weighted by atomic mass is 19.1. The molecule has 0 aliphatic carbocycles. The van der Waals surface area contributed by atoms with Gasteiger partial charge in [-0.1, -0.05) is 0 Å². The van der Waals surface area contributed by atoms with Crippen LogP contribution in [0.5, 0.6) is 0 Å². The highest BCUT2D eigenvalue weighted by Gasteiger charge is 2.43. The van der Waals surface area contributed by atoms with Gasteiger partial charge in [0.1, 0.15) is 23.0 Å². The molecule has 1 unspecified atom stereocenters. The maximum Gasteiger partial charge on any atom is 0.243 e. The van der Waals surface area contributed by atoms with Gasteiger partial charge in [-0.05, 0) is 31.0 Å². The average molecular weight is 376 g/mol. The van der Waals surface area contributed by atoms with Crippen LogP contribution in [0.1, 0.15) is 36.5 Å². The van der Waals surface area contributed by atoms with Gasteiger partial charge in [0.15, 0.2) is 0 Å². The molecule has 2 N–H and O–H groups in total. The number of aromatic nitrogens is 2. The van der Waals surface area contributed by atoms with E-state index in [-0.39, 0.29) is 6.04 Å². The van der Waals surface area contributed by atoms with Gasteiger partial charge >= 0.3 is 0 Å². The van der Waals surface area contributed by atoms with Crippen molar-refractivity contribution in [2.75, 3.05) is 26.3 Å². The maximum atomic E-state index is 13.7. The minimum atomic E-state index is -1.06. The Bertz CT molecular complexity index is 858. The maximum absolute atomic E-state index is 13.7. The summed E-state index contributed by atoms with van der Waals surface area (Å²) < 4.78 is 34.6. The van der Waals surface area contributed by atoms with Crippen molar-refractivity contribution in [3.05, 3.63) is 53.1 Å². The Morgan fingerprint density at radius 3 is 2.56 bits per heavy atom. The van der Waals surface area contributed by atoms with Crippen LogP contribution in [0.2, 0.25) is 0 Å². The third-order valence-electron chi connectivity index (χ3n) is 5.68. The molecule has 4 rings (SSSR count). The summed E-state index contributed by atoms with van der Waals surface area (Å²) in [5.41, 5.74) is 5.83. The first-order valence-corrected chi connectivity index (χ1v) is 9.06. The van der Waals surface area contributed by atoms with Crippen molar-refractivity contribution in [3.8, 4) is 0 Å². The highest BCUT2D eigenvalue weighted by molar-refractivity contribution is 5.85. The molecule has 0 saturated carbocycles. The summed E-state index contributed by atoms with van der Waals surface area (Å²) in [5, 5.41) is 0. The Morgan fingerprint density at radius 1 is 1.26 bits per heavy atom. The number of halogens is 2. The van der Waals surface area contributed by atoms with Crippen molar-refractivity contribution < 1.29 is 18.3 Å². The zero-order valence-electron chi connectivity index (χ0n) is 15.1. The number of carbonyl (C=O) groups excluding carboxylic acids is 1. The number of fused-ring (bicyclic) bond motifs is 1. The molecule has 1 fully saturated rings. The fourth-order valence-electron chi connectivity index (χ4n) is 4.08. The van der Waals surface area contributed by atoms with Gasteiger partial charge in [-0.2, -0.15) is 0 Å². The molecule has 0 bridgehead atoms. The number of primary amides is 1. The number of hydrogen-bond donors (Lipinski definition) is 1. The van der Waals surface area contributed by atoms with E-state index in [2.05, 4.69) is 4.98 Å². The largest absolute Gasteiger partial charge is 0.379 e. The van der Waals surface area contributed by atoms with Gasteiger partial charge in [-0.15, -0.1) is 0 Å². The third kappa shape index (κ3) is 3.02.